The molecule has 1 N–H and O–H groups in total. The summed E-state index contributed by atoms with van der Waals surface area (Å²) in [6, 6.07) is 13.5. The van der Waals surface area contributed by atoms with Crippen LogP contribution < -0.4 is 0 Å². The molecule has 4 atom stereocenters. The Bertz CT molecular complexity index is 1760. The number of pyridine rings is 1. The van der Waals surface area contributed by atoms with Crippen LogP contribution in [0, 0.1) is 30.6 Å². The third-order valence-electron chi connectivity index (χ3n) is 10.0. The summed E-state index contributed by atoms with van der Waals surface area (Å²) in [5.74, 6) is 3.32. The van der Waals surface area contributed by atoms with Gasteiger partial charge in [0, 0.05) is 53.6 Å². The smallest absolute Gasteiger partial charge is 0.255 e. The van der Waals surface area contributed by atoms with Crippen molar-refractivity contribution in [1.29, 1.82) is 0 Å². The average molecular weight is 503 g/mol. The first-order valence-electron chi connectivity index (χ1n) is 14.0. The van der Waals surface area contributed by atoms with Crippen LogP contribution in [0.1, 0.15) is 41.6 Å². The van der Waals surface area contributed by atoms with E-state index < -0.39 is 0 Å². The summed E-state index contributed by atoms with van der Waals surface area (Å²) in [6.45, 7) is 4.10. The Kier molecular flexibility index (Phi) is 4.09. The number of aryl methyl sites for hydroxylation is 1. The predicted molar refractivity (Wildman–Crippen MR) is 146 cm³/mol. The Labute approximate surface area is 220 Å². The number of nitrogens with one attached hydrogen (secondary N) is 1. The summed E-state index contributed by atoms with van der Waals surface area (Å²) in [6.07, 6.45) is 10.9. The largest absolute Gasteiger partial charge is 0.339 e. The van der Waals surface area contributed by atoms with E-state index in [1.165, 1.54) is 36.6 Å². The maximum atomic E-state index is 13.5. The number of nitrogens with zero attached hydrogens (tertiary/aromatic N) is 5. The highest BCUT2D eigenvalue weighted by atomic mass is 16.2. The van der Waals surface area contributed by atoms with E-state index in [1.807, 2.05) is 29.2 Å². The highest BCUT2D eigenvalue weighted by Gasteiger charge is 2.61. The number of carbonyl (C=O) groups excluding carboxylic acids is 1. The quantitative estimate of drug-likeness (QED) is 0.343. The standard InChI is InChI=1S/C31H30N6O/c1-17-25-7-6-21(31(38)36-15-23-8-22-11-27(36)29(22)23)16-37(25)34-30(17)28-10-20-5-4-19(24-12-32-33-13-24)9-26(20)35(28)14-18-2-3-18/h4-7,9-10,12-13,16,18,22-23,27,29H,2-3,8,11,14-15H2,1H3,(H,32,33)/t22?,23?,27?,29-/m1/s1. The second kappa shape index (κ2) is 7.37. The van der Waals surface area contributed by atoms with Crippen LogP contribution in [-0.4, -0.2) is 47.8 Å². The maximum absolute atomic E-state index is 13.5. The van der Waals surface area contributed by atoms with Crippen molar-refractivity contribution in [2.45, 2.75) is 45.2 Å². The van der Waals surface area contributed by atoms with Gasteiger partial charge in [-0.15, -0.1) is 0 Å². The number of hydrogen-bond donors (Lipinski definition) is 1. The fourth-order valence-corrected chi connectivity index (χ4v) is 7.70. The van der Waals surface area contributed by atoms with Gasteiger partial charge >= 0.3 is 0 Å². The van der Waals surface area contributed by atoms with Crippen LogP contribution in [0.25, 0.3) is 38.9 Å². The zero-order chi connectivity index (χ0) is 25.1. The predicted octanol–water partition coefficient (Wildman–Crippen LogP) is 5.54. The Morgan fingerprint density at radius 3 is 2.76 bits per heavy atom. The Balaban J connectivity index is 1.13. The normalized spacial score (nSPS) is 25.6. The molecule has 1 aromatic carbocycles. The van der Waals surface area contributed by atoms with E-state index in [1.54, 1.807) is 0 Å². The van der Waals surface area contributed by atoms with Crippen LogP contribution >= 0.6 is 0 Å². The first-order chi connectivity index (χ1) is 18.6. The molecule has 4 aromatic heterocycles. The van der Waals surface area contributed by atoms with Gasteiger partial charge in [-0.3, -0.25) is 9.89 Å². The Morgan fingerprint density at radius 2 is 1.97 bits per heavy atom. The number of carbonyl (C=O) groups is 1. The van der Waals surface area contributed by atoms with Gasteiger partial charge in [0.1, 0.15) is 5.69 Å². The molecule has 5 heterocycles. The molecule has 4 aliphatic rings. The molecule has 7 heteroatoms. The summed E-state index contributed by atoms with van der Waals surface area (Å²) in [5.41, 5.74) is 8.61. The monoisotopic (exact) mass is 502 g/mol. The molecule has 3 aliphatic carbocycles. The minimum Gasteiger partial charge on any atom is -0.339 e. The number of H-pyrrole nitrogens is 1. The van der Waals surface area contributed by atoms with Gasteiger partial charge in [-0.2, -0.15) is 10.2 Å². The van der Waals surface area contributed by atoms with Crippen molar-refractivity contribution >= 4 is 22.3 Å². The topological polar surface area (TPSA) is 71.2 Å². The number of hydrogen-bond acceptors (Lipinski definition) is 3. The number of fused-ring (bicyclic) bond motifs is 2. The van der Waals surface area contributed by atoms with Crippen molar-refractivity contribution in [2.24, 2.45) is 23.7 Å². The van der Waals surface area contributed by atoms with Crippen molar-refractivity contribution < 1.29 is 4.79 Å². The molecule has 190 valence electrons. The number of aromatic nitrogens is 5. The first kappa shape index (κ1) is 21.1. The van der Waals surface area contributed by atoms with Crippen LogP contribution in [-0.2, 0) is 6.54 Å². The fraction of sp³-hybridized carbons (Fsp3) is 0.387. The molecule has 4 fully saturated rings. The second-order valence-corrected chi connectivity index (χ2v) is 12.2. The van der Waals surface area contributed by atoms with E-state index >= 15 is 0 Å². The zero-order valence-corrected chi connectivity index (χ0v) is 21.5. The van der Waals surface area contributed by atoms with Crippen molar-refractivity contribution in [2.75, 3.05) is 6.54 Å². The van der Waals surface area contributed by atoms with E-state index in [0.717, 1.165) is 75.9 Å². The molecule has 3 saturated carbocycles. The van der Waals surface area contributed by atoms with E-state index in [4.69, 9.17) is 5.10 Å². The number of amides is 1. The van der Waals surface area contributed by atoms with Gasteiger partial charge in [0.25, 0.3) is 5.91 Å². The Hall–Kier alpha value is -3.87. The van der Waals surface area contributed by atoms with Gasteiger partial charge in [0.15, 0.2) is 0 Å². The van der Waals surface area contributed by atoms with E-state index in [0.29, 0.717) is 6.04 Å². The number of benzene rings is 1. The molecule has 0 bridgehead atoms. The molecule has 1 aliphatic heterocycles. The van der Waals surface area contributed by atoms with E-state index in [-0.39, 0.29) is 5.91 Å². The molecule has 7 nitrogen and oxygen atoms in total. The Morgan fingerprint density at radius 1 is 1.05 bits per heavy atom. The molecule has 5 aromatic rings. The summed E-state index contributed by atoms with van der Waals surface area (Å²) < 4.78 is 4.40. The lowest BCUT2D eigenvalue weighted by Gasteiger charge is -2.52. The highest BCUT2D eigenvalue weighted by Crippen LogP contribution is 2.60. The minimum absolute atomic E-state index is 0.175. The molecule has 38 heavy (non-hydrogen) atoms. The highest BCUT2D eigenvalue weighted by molar-refractivity contribution is 5.95. The van der Waals surface area contributed by atoms with Crippen LogP contribution in [0.2, 0.25) is 0 Å². The first-order valence-corrected chi connectivity index (χ1v) is 14.0. The summed E-state index contributed by atoms with van der Waals surface area (Å²) >= 11 is 0. The SMILES string of the molecule is Cc1c(-c2cc3ccc(-c4cn[nH]c4)cc3n2CC2CC2)nn2cc(C(=O)N3CC4CC5CC3[C@H]54)ccc12. The molecule has 1 saturated heterocycles. The van der Waals surface area contributed by atoms with Gasteiger partial charge in [-0.1, -0.05) is 12.1 Å². The van der Waals surface area contributed by atoms with Crippen molar-refractivity contribution in [3.8, 4) is 22.5 Å². The molecule has 3 unspecified atom stereocenters. The van der Waals surface area contributed by atoms with Gasteiger partial charge in [-0.05, 0) is 86.1 Å². The summed E-state index contributed by atoms with van der Waals surface area (Å²) in [4.78, 5) is 15.7. The van der Waals surface area contributed by atoms with E-state index in [9.17, 15) is 4.79 Å². The van der Waals surface area contributed by atoms with Gasteiger partial charge in [0.05, 0.1) is 23.0 Å². The van der Waals surface area contributed by atoms with Gasteiger partial charge in [-0.25, -0.2) is 4.52 Å². The average Bonchev–Trinajstić information content (AvgIpc) is 3.25. The van der Waals surface area contributed by atoms with Crippen molar-refractivity contribution in [3.05, 3.63) is 66.1 Å². The summed E-state index contributed by atoms with van der Waals surface area (Å²) in [5, 5.41) is 13.4. The molecular weight excluding hydrogens is 472 g/mol. The van der Waals surface area contributed by atoms with Crippen LogP contribution in [0.15, 0.2) is 55.0 Å². The van der Waals surface area contributed by atoms with Crippen LogP contribution in [0.3, 0.4) is 0 Å². The van der Waals surface area contributed by atoms with Crippen molar-refractivity contribution in [3.63, 3.8) is 0 Å². The summed E-state index contributed by atoms with van der Waals surface area (Å²) in [7, 11) is 0. The maximum Gasteiger partial charge on any atom is 0.255 e. The molecule has 1 amide bonds. The van der Waals surface area contributed by atoms with Crippen LogP contribution in [0.5, 0.6) is 0 Å². The van der Waals surface area contributed by atoms with Gasteiger partial charge < -0.3 is 9.47 Å². The van der Waals surface area contributed by atoms with E-state index in [2.05, 4.69) is 56.9 Å². The second-order valence-electron chi connectivity index (χ2n) is 12.2. The van der Waals surface area contributed by atoms with Crippen molar-refractivity contribution in [1.82, 2.24) is 29.3 Å². The molecule has 9 rings (SSSR count). The molecule has 0 spiro atoms. The lowest BCUT2D eigenvalue weighted by molar-refractivity contribution is -0.0204. The number of rotatable bonds is 5. The third kappa shape index (κ3) is 2.87. The lowest BCUT2D eigenvalue weighted by Crippen LogP contribution is -2.53. The minimum atomic E-state index is 0.175. The molecule has 0 radical (unpaired) electrons. The van der Waals surface area contributed by atoms with Crippen LogP contribution in [0.4, 0.5) is 0 Å². The van der Waals surface area contributed by atoms with Gasteiger partial charge in [0.2, 0.25) is 0 Å². The zero-order valence-electron chi connectivity index (χ0n) is 21.5. The number of likely N-dealkylation sites (tertiary alicyclic amines) is 1. The molecular formula is C31H30N6O. The third-order valence-corrected chi connectivity index (χ3v) is 10.0. The lowest BCUT2D eigenvalue weighted by atomic mass is 9.53. The number of aromatic amines is 1. The fourth-order valence-electron chi connectivity index (χ4n) is 7.70.